The average Bonchev–Trinajstić information content (AvgIpc) is 2.99. The van der Waals surface area contributed by atoms with Gasteiger partial charge in [-0.3, -0.25) is 0 Å². The van der Waals surface area contributed by atoms with Crippen molar-refractivity contribution in [3.63, 3.8) is 0 Å². The number of aliphatic hydroxyl groups is 3. The van der Waals surface area contributed by atoms with Gasteiger partial charge >= 0.3 is 6.18 Å². The summed E-state index contributed by atoms with van der Waals surface area (Å²) in [6.07, 6.45) is 0.277. The maximum Gasteiger partial charge on any atom is 0.417 e. The quantitative estimate of drug-likeness (QED) is 0.571. The SMILES string of the molecule is C[C@@H](O)[C@](C)(O)[C@H]1CC[C@H]2[C@@H]3CC[C@@H]4C[C@@](O)(C(F)(F)F)CC[C@]4(C)[C@H]3CC[C@]12C. The van der Waals surface area contributed by atoms with Crippen LogP contribution in [0.15, 0.2) is 0 Å². The summed E-state index contributed by atoms with van der Waals surface area (Å²) >= 11 is 0. The highest BCUT2D eigenvalue weighted by atomic mass is 19.4. The third-order valence-corrected chi connectivity index (χ3v) is 10.8. The van der Waals surface area contributed by atoms with Crippen LogP contribution < -0.4 is 0 Å². The molecule has 30 heavy (non-hydrogen) atoms. The first-order valence-electron chi connectivity index (χ1n) is 11.9. The van der Waals surface area contributed by atoms with Gasteiger partial charge in [-0.15, -0.1) is 0 Å². The Labute approximate surface area is 178 Å². The molecule has 0 bridgehead atoms. The van der Waals surface area contributed by atoms with Crippen LogP contribution in [0.3, 0.4) is 0 Å². The first kappa shape index (κ1) is 22.8. The standard InChI is InChI=1S/C24H39F3O3/c1-14(28)22(4,29)19-8-7-17-16-6-5-15-13-23(30,24(25,26)27)12-11-20(15,2)18(16)9-10-21(17,19)3/h14-19,28-30H,5-13H2,1-4H3/t14-,15-,16+,17+,18+,19+,20+,21+,22+,23-/m1/s1. The lowest BCUT2D eigenvalue weighted by Gasteiger charge is -2.62. The molecule has 4 aliphatic rings. The first-order chi connectivity index (χ1) is 13.7. The average molecular weight is 433 g/mol. The molecule has 0 unspecified atom stereocenters. The number of hydrogen-bond acceptors (Lipinski definition) is 3. The summed E-state index contributed by atoms with van der Waals surface area (Å²) in [7, 11) is 0. The van der Waals surface area contributed by atoms with Crippen LogP contribution >= 0.6 is 0 Å². The third-order valence-electron chi connectivity index (χ3n) is 10.8. The fourth-order valence-electron chi connectivity index (χ4n) is 8.75. The van der Waals surface area contributed by atoms with E-state index in [-0.39, 0.29) is 35.5 Å². The van der Waals surface area contributed by atoms with Crippen LogP contribution in [0.2, 0.25) is 0 Å². The van der Waals surface area contributed by atoms with E-state index >= 15 is 0 Å². The molecule has 10 atom stereocenters. The van der Waals surface area contributed by atoms with Crippen LogP contribution in [0.5, 0.6) is 0 Å². The van der Waals surface area contributed by atoms with Gasteiger partial charge in [0, 0.05) is 0 Å². The van der Waals surface area contributed by atoms with Crippen LogP contribution in [0, 0.1) is 40.4 Å². The van der Waals surface area contributed by atoms with Crippen LogP contribution in [0.4, 0.5) is 13.2 Å². The minimum Gasteiger partial charge on any atom is -0.390 e. The molecule has 0 radical (unpaired) electrons. The number of fused-ring (bicyclic) bond motifs is 5. The van der Waals surface area contributed by atoms with Crippen molar-refractivity contribution >= 4 is 0 Å². The molecule has 0 spiro atoms. The molecule has 3 nitrogen and oxygen atoms in total. The Balaban J connectivity index is 1.58. The van der Waals surface area contributed by atoms with Crippen molar-refractivity contribution < 1.29 is 28.5 Å². The second-order valence-electron chi connectivity index (χ2n) is 12.0. The number of rotatable bonds is 2. The van der Waals surface area contributed by atoms with E-state index in [9.17, 15) is 28.5 Å². The lowest BCUT2D eigenvalue weighted by atomic mass is 9.43. The third kappa shape index (κ3) is 3.02. The van der Waals surface area contributed by atoms with Crippen molar-refractivity contribution in [1.29, 1.82) is 0 Å². The van der Waals surface area contributed by atoms with E-state index in [2.05, 4.69) is 13.8 Å². The molecule has 4 fully saturated rings. The van der Waals surface area contributed by atoms with Crippen molar-refractivity contribution in [2.45, 2.75) is 109 Å². The van der Waals surface area contributed by atoms with E-state index in [1.54, 1.807) is 13.8 Å². The smallest absolute Gasteiger partial charge is 0.390 e. The van der Waals surface area contributed by atoms with E-state index in [0.717, 1.165) is 38.5 Å². The first-order valence-corrected chi connectivity index (χ1v) is 11.9. The van der Waals surface area contributed by atoms with Gasteiger partial charge in [-0.1, -0.05) is 13.8 Å². The molecule has 4 rings (SSSR count). The number of hydrogen-bond donors (Lipinski definition) is 3. The number of alkyl halides is 3. The zero-order valence-electron chi connectivity index (χ0n) is 18.8. The zero-order valence-corrected chi connectivity index (χ0v) is 18.8. The molecule has 0 aromatic heterocycles. The van der Waals surface area contributed by atoms with Gasteiger partial charge in [-0.05, 0) is 112 Å². The molecule has 0 aliphatic heterocycles. The molecule has 0 amide bonds. The van der Waals surface area contributed by atoms with Crippen LogP contribution in [-0.2, 0) is 0 Å². The summed E-state index contributed by atoms with van der Waals surface area (Å²) in [5, 5.41) is 31.6. The van der Waals surface area contributed by atoms with E-state index < -0.39 is 23.5 Å². The van der Waals surface area contributed by atoms with E-state index in [1.807, 2.05) is 0 Å². The van der Waals surface area contributed by atoms with Crippen LogP contribution in [0.25, 0.3) is 0 Å². The molecule has 6 heteroatoms. The van der Waals surface area contributed by atoms with Crippen molar-refractivity contribution in [1.82, 2.24) is 0 Å². The second-order valence-corrected chi connectivity index (χ2v) is 12.0. The van der Waals surface area contributed by atoms with Crippen LogP contribution in [0.1, 0.15) is 85.5 Å². The lowest BCUT2D eigenvalue weighted by molar-refractivity contribution is -0.290. The van der Waals surface area contributed by atoms with Crippen molar-refractivity contribution in [3.05, 3.63) is 0 Å². The summed E-state index contributed by atoms with van der Waals surface area (Å²) in [4.78, 5) is 0. The van der Waals surface area contributed by atoms with Crippen LogP contribution in [-0.4, -0.2) is 38.8 Å². The molecule has 0 aromatic carbocycles. The molecule has 0 aromatic rings. The van der Waals surface area contributed by atoms with E-state index in [0.29, 0.717) is 24.2 Å². The Morgan fingerprint density at radius 1 is 0.900 bits per heavy atom. The van der Waals surface area contributed by atoms with Gasteiger partial charge in [0.25, 0.3) is 0 Å². The molecule has 4 aliphatic carbocycles. The molecule has 174 valence electrons. The Morgan fingerprint density at radius 2 is 1.53 bits per heavy atom. The minimum absolute atomic E-state index is 0.0355. The fraction of sp³-hybridized carbons (Fsp3) is 1.00. The van der Waals surface area contributed by atoms with Gasteiger partial charge in [-0.2, -0.15) is 13.2 Å². The molecule has 0 heterocycles. The highest BCUT2D eigenvalue weighted by molar-refractivity contribution is 5.13. The lowest BCUT2D eigenvalue weighted by Crippen LogP contribution is -2.60. The second kappa shape index (κ2) is 6.84. The highest BCUT2D eigenvalue weighted by Gasteiger charge is 2.66. The molecule has 4 saturated carbocycles. The summed E-state index contributed by atoms with van der Waals surface area (Å²) in [5.41, 5.74) is -3.83. The predicted octanol–water partition coefficient (Wildman–Crippen LogP) is 5.07. The Bertz CT molecular complexity index is 677. The molecular formula is C24H39F3O3. The summed E-state index contributed by atoms with van der Waals surface area (Å²) < 4.78 is 40.5. The zero-order chi connectivity index (χ0) is 22.3. The monoisotopic (exact) mass is 432 g/mol. The van der Waals surface area contributed by atoms with Gasteiger partial charge in [0.15, 0.2) is 5.60 Å². The summed E-state index contributed by atoms with van der Waals surface area (Å²) in [6.45, 7) is 7.89. The maximum atomic E-state index is 13.5. The Kier molecular flexibility index (Phi) is 5.21. The predicted molar refractivity (Wildman–Crippen MR) is 109 cm³/mol. The fourth-order valence-corrected chi connectivity index (χ4v) is 8.75. The Hall–Kier alpha value is -0.330. The molecule has 0 saturated heterocycles. The minimum atomic E-state index is -4.55. The van der Waals surface area contributed by atoms with Gasteiger partial charge < -0.3 is 15.3 Å². The topological polar surface area (TPSA) is 60.7 Å². The molecular weight excluding hydrogens is 393 g/mol. The van der Waals surface area contributed by atoms with Gasteiger partial charge in [0.1, 0.15) is 0 Å². The normalized spacial score (nSPS) is 52.0. The van der Waals surface area contributed by atoms with Gasteiger partial charge in [0.2, 0.25) is 0 Å². The number of halogens is 3. The van der Waals surface area contributed by atoms with E-state index in [1.165, 1.54) is 0 Å². The van der Waals surface area contributed by atoms with Crippen molar-refractivity contribution in [3.8, 4) is 0 Å². The summed E-state index contributed by atoms with van der Waals surface area (Å²) in [5.74, 6) is 1.27. The molecule has 3 N–H and O–H groups in total. The summed E-state index contributed by atoms with van der Waals surface area (Å²) in [6, 6.07) is 0. The van der Waals surface area contributed by atoms with Gasteiger partial charge in [-0.25, -0.2) is 0 Å². The van der Waals surface area contributed by atoms with Crippen molar-refractivity contribution in [2.75, 3.05) is 0 Å². The highest BCUT2D eigenvalue weighted by Crippen LogP contribution is 2.69. The van der Waals surface area contributed by atoms with Gasteiger partial charge in [0.05, 0.1) is 11.7 Å². The Morgan fingerprint density at radius 3 is 2.13 bits per heavy atom. The van der Waals surface area contributed by atoms with E-state index in [4.69, 9.17) is 0 Å². The maximum absolute atomic E-state index is 13.5. The largest absolute Gasteiger partial charge is 0.417 e. The van der Waals surface area contributed by atoms with Crippen molar-refractivity contribution in [2.24, 2.45) is 40.4 Å². The number of aliphatic hydroxyl groups excluding tert-OH is 1.